The van der Waals surface area contributed by atoms with Crippen molar-refractivity contribution < 1.29 is 19.1 Å². The van der Waals surface area contributed by atoms with Crippen LogP contribution in [-0.2, 0) is 20.7 Å². The first-order valence-corrected chi connectivity index (χ1v) is 10.6. The predicted molar refractivity (Wildman–Crippen MR) is 117 cm³/mol. The second-order valence-electron chi connectivity index (χ2n) is 8.08. The molecule has 2 atom stereocenters. The zero-order valence-corrected chi connectivity index (χ0v) is 17.1. The molecule has 5 rings (SSSR count). The van der Waals surface area contributed by atoms with Gasteiger partial charge < -0.3 is 15.2 Å². The Morgan fingerprint density at radius 1 is 1.16 bits per heavy atom. The first-order valence-electron chi connectivity index (χ1n) is 10.6. The number of fused-ring (bicyclic) bond motifs is 2. The minimum absolute atomic E-state index is 0.0440. The van der Waals surface area contributed by atoms with Crippen molar-refractivity contribution in [1.29, 1.82) is 0 Å². The number of nitrogens with zero attached hydrogens (tertiary/aromatic N) is 1. The summed E-state index contributed by atoms with van der Waals surface area (Å²) < 4.78 is 10.9. The van der Waals surface area contributed by atoms with Crippen LogP contribution in [0.3, 0.4) is 0 Å². The van der Waals surface area contributed by atoms with Gasteiger partial charge >= 0.3 is 12.1 Å². The van der Waals surface area contributed by atoms with Gasteiger partial charge in [-0.15, -0.1) is 0 Å². The van der Waals surface area contributed by atoms with Gasteiger partial charge in [0.2, 0.25) is 0 Å². The zero-order chi connectivity index (χ0) is 21.4. The highest BCUT2D eigenvalue weighted by Crippen LogP contribution is 2.46. The van der Waals surface area contributed by atoms with Crippen molar-refractivity contribution >= 4 is 23.3 Å². The molecule has 1 amide bonds. The van der Waals surface area contributed by atoms with Gasteiger partial charge in [0.05, 0.1) is 0 Å². The van der Waals surface area contributed by atoms with Crippen molar-refractivity contribution in [1.82, 2.24) is 4.90 Å². The highest BCUT2D eigenvalue weighted by Gasteiger charge is 2.40. The van der Waals surface area contributed by atoms with Crippen molar-refractivity contribution in [2.75, 3.05) is 19.1 Å². The number of para-hydroxylation sites is 1. The highest BCUT2D eigenvalue weighted by atomic mass is 16.6. The topological polar surface area (TPSA) is 81.9 Å². The number of amides is 1. The number of cyclic esters (lactones) is 1. The van der Waals surface area contributed by atoms with E-state index < -0.39 is 18.1 Å². The van der Waals surface area contributed by atoms with E-state index in [0.29, 0.717) is 12.1 Å². The number of esters is 1. The summed E-state index contributed by atoms with van der Waals surface area (Å²) in [4.78, 5) is 26.6. The number of nitrogens with two attached hydrogens (primary N) is 1. The van der Waals surface area contributed by atoms with Crippen molar-refractivity contribution in [2.24, 2.45) is 0 Å². The lowest BCUT2D eigenvalue weighted by atomic mass is 9.91. The van der Waals surface area contributed by atoms with E-state index in [9.17, 15) is 9.59 Å². The fourth-order valence-electron chi connectivity index (χ4n) is 4.72. The molecule has 2 aromatic carbocycles. The Balaban J connectivity index is 1.31. The summed E-state index contributed by atoms with van der Waals surface area (Å²) in [6, 6.07) is 14.9. The maximum Gasteiger partial charge on any atom is 0.413 e. The molecule has 2 N–H and O–H groups in total. The number of nitrogen functional groups attached to an aromatic ring is 1. The fourth-order valence-corrected chi connectivity index (χ4v) is 4.72. The molecule has 0 radical (unpaired) electrons. The minimum Gasteiger partial charge on any atom is -0.448 e. The van der Waals surface area contributed by atoms with Gasteiger partial charge in [-0.25, -0.2) is 9.59 Å². The predicted octanol–water partition coefficient (Wildman–Crippen LogP) is 4.03. The quantitative estimate of drug-likeness (QED) is 0.601. The lowest BCUT2D eigenvalue weighted by Crippen LogP contribution is -2.40. The van der Waals surface area contributed by atoms with E-state index in [0.717, 1.165) is 18.4 Å². The molecule has 0 spiro atoms. The van der Waals surface area contributed by atoms with Crippen molar-refractivity contribution in [3.63, 3.8) is 0 Å². The first-order chi connectivity index (χ1) is 15.1. The van der Waals surface area contributed by atoms with E-state index in [2.05, 4.69) is 24.3 Å². The minimum atomic E-state index is -0.736. The van der Waals surface area contributed by atoms with E-state index in [1.807, 2.05) is 30.3 Å². The second kappa shape index (κ2) is 7.95. The maximum absolute atomic E-state index is 12.9. The molecule has 1 saturated heterocycles. The molecule has 0 bridgehead atoms. The van der Waals surface area contributed by atoms with Crippen LogP contribution < -0.4 is 5.73 Å². The summed E-state index contributed by atoms with van der Waals surface area (Å²) in [6.45, 7) is 0.139. The Bertz CT molecular complexity index is 1100. The number of ether oxygens (including phenoxy) is 2. The summed E-state index contributed by atoms with van der Waals surface area (Å²) in [5.41, 5.74) is 12.4. The number of carbonyl (C=O) groups excluding carboxylic acids is 2. The third-order valence-corrected chi connectivity index (χ3v) is 6.33. The van der Waals surface area contributed by atoms with Crippen molar-refractivity contribution in [3.8, 4) is 0 Å². The molecule has 1 fully saturated rings. The average molecular weight is 416 g/mol. The molecule has 1 unspecified atom stereocenters. The number of allylic oxidation sites excluding steroid dienone is 3. The highest BCUT2D eigenvalue weighted by molar-refractivity contribution is 5.86. The Morgan fingerprint density at radius 3 is 2.84 bits per heavy atom. The molecule has 2 aromatic rings. The van der Waals surface area contributed by atoms with Crippen LogP contribution in [0.25, 0.3) is 5.57 Å². The van der Waals surface area contributed by atoms with Crippen LogP contribution in [0, 0.1) is 0 Å². The molecule has 1 heterocycles. The van der Waals surface area contributed by atoms with Crippen LogP contribution in [0.15, 0.2) is 66.3 Å². The molecular weight excluding hydrogens is 392 g/mol. The SMILES string of the molecule is Nc1ccccc1C[C@H]1C(=O)OCN1C(=O)OCC1C2=C(C=CCC2)c2ccccc21. The Hall–Kier alpha value is -3.54. The zero-order valence-electron chi connectivity index (χ0n) is 17.1. The molecule has 1 aliphatic heterocycles. The molecule has 158 valence electrons. The molecule has 6 heteroatoms. The molecule has 3 aliphatic rings. The Kier molecular flexibility index (Phi) is 4.98. The largest absolute Gasteiger partial charge is 0.448 e. The van der Waals surface area contributed by atoms with E-state index in [4.69, 9.17) is 15.2 Å². The van der Waals surface area contributed by atoms with E-state index in [1.54, 1.807) is 6.07 Å². The Morgan fingerprint density at radius 2 is 1.97 bits per heavy atom. The van der Waals surface area contributed by atoms with E-state index in [1.165, 1.54) is 27.2 Å². The van der Waals surface area contributed by atoms with Gasteiger partial charge in [-0.3, -0.25) is 4.90 Å². The van der Waals surface area contributed by atoms with Gasteiger partial charge in [0.25, 0.3) is 0 Å². The summed E-state index contributed by atoms with van der Waals surface area (Å²) in [7, 11) is 0. The number of carbonyl (C=O) groups is 2. The number of rotatable bonds is 4. The number of benzene rings is 2. The molecule has 31 heavy (non-hydrogen) atoms. The number of anilines is 1. The van der Waals surface area contributed by atoms with Gasteiger partial charge in [0, 0.05) is 18.0 Å². The van der Waals surface area contributed by atoms with Gasteiger partial charge in [0.15, 0.2) is 6.73 Å². The second-order valence-corrected chi connectivity index (χ2v) is 8.08. The van der Waals surface area contributed by atoms with Crippen LogP contribution in [-0.4, -0.2) is 36.3 Å². The third-order valence-electron chi connectivity index (χ3n) is 6.33. The molecule has 6 nitrogen and oxygen atoms in total. The maximum atomic E-state index is 12.9. The summed E-state index contributed by atoms with van der Waals surface area (Å²) in [5.74, 6) is -0.392. The standard InChI is InChI=1S/C25H24N2O4/c26-22-12-6-1-7-16(22)13-23-24(28)31-15-27(23)25(29)30-14-21-19-10-4-2-8-17(19)18-9-3-5-11-20(18)21/h1-4,6-10,12,21,23H,5,11,13-15,26H2/t21?,23-/m0/s1. The van der Waals surface area contributed by atoms with Crippen LogP contribution in [0.4, 0.5) is 10.5 Å². The van der Waals surface area contributed by atoms with Crippen LogP contribution in [0.2, 0.25) is 0 Å². The van der Waals surface area contributed by atoms with Gasteiger partial charge in [-0.2, -0.15) is 0 Å². The van der Waals surface area contributed by atoms with Gasteiger partial charge in [-0.05, 0) is 41.2 Å². The molecule has 2 aliphatic carbocycles. The lowest BCUT2D eigenvalue weighted by Gasteiger charge is -2.23. The lowest BCUT2D eigenvalue weighted by molar-refractivity contribution is -0.139. The molecule has 0 saturated carbocycles. The van der Waals surface area contributed by atoms with Crippen LogP contribution in [0.1, 0.15) is 35.4 Å². The summed E-state index contributed by atoms with van der Waals surface area (Å²) in [5, 5.41) is 0. The normalized spacial score (nSPS) is 21.7. The monoisotopic (exact) mass is 416 g/mol. The van der Waals surface area contributed by atoms with E-state index >= 15 is 0 Å². The van der Waals surface area contributed by atoms with Gasteiger partial charge in [-0.1, -0.05) is 60.2 Å². The first kappa shape index (κ1) is 19.4. The van der Waals surface area contributed by atoms with Crippen LogP contribution >= 0.6 is 0 Å². The molecule has 0 aromatic heterocycles. The number of hydrogen-bond donors (Lipinski definition) is 1. The average Bonchev–Trinajstić information content (AvgIpc) is 3.32. The third kappa shape index (κ3) is 3.48. The van der Waals surface area contributed by atoms with Crippen LogP contribution in [0.5, 0.6) is 0 Å². The Labute approximate surface area is 180 Å². The summed E-state index contributed by atoms with van der Waals surface area (Å²) >= 11 is 0. The summed E-state index contributed by atoms with van der Waals surface area (Å²) in [6.07, 6.45) is 6.08. The van der Waals surface area contributed by atoms with Crippen molar-refractivity contribution in [3.05, 3.63) is 82.9 Å². The van der Waals surface area contributed by atoms with E-state index in [-0.39, 0.29) is 19.3 Å². The van der Waals surface area contributed by atoms with Crippen molar-refractivity contribution in [2.45, 2.75) is 31.2 Å². The molecular formula is C25H24N2O4. The van der Waals surface area contributed by atoms with Gasteiger partial charge in [0.1, 0.15) is 12.6 Å². The number of hydrogen-bond acceptors (Lipinski definition) is 5. The fraction of sp³-hybridized carbons (Fsp3) is 0.280. The smallest absolute Gasteiger partial charge is 0.413 e.